The van der Waals surface area contributed by atoms with Gasteiger partial charge in [-0.3, -0.25) is 4.79 Å². The quantitative estimate of drug-likeness (QED) is 0.726. The van der Waals surface area contributed by atoms with Crippen molar-refractivity contribution in [3.8, 4) is 0 Å². The van der Waals surface area contributed by atoms with Crippen LogP contribution in [0.25, 0.3) is 0 Å². The highest BCUT2D eigenvalue weighted by Crippen LogP contribution is 2.61. The first-order valence-electron chi connectivity index (χ1n) is 6.55. The summed E-state index contributed by atoms with van der Waals surface area (Å²) in [5.74, 6) is 1.25. The smallest absolute Gasteiger partial charge is 0.326 e. The van der Waals surface area contributed by atoms with E-state index in [1.54, 1.807) is 0 Å². The van der Waals surface area contributed by atoms with Gasteiger partial charge in [0, 0.05) is 5.41 Å². The molecule has 4 rings (SSSR count). The second-order valence-electron chi connectivity index (χ2n) is 6.34. The average molecular weight is 237 g/mol. The predicted octanol–water partition coefficient (Wildman–Crippen LogP) is 1.40. The van der Waals surface area contributed by atoms with Crippen molar-refractivity contribution < 1.29 is 14.7 Å². The number of carbonyl (C=O) groups excluding carboxylic acids is 1. The van der Waals surface area contributed by atoms with Gasteiger partial charge in [0.25, 0.3) is 0 Å². The Kier molecular flexibility index (Phi) is 2.42. The molecule has 0 aromatic carbocycles. The van der Waals surface area contributed by atoms with Crippen LogP contribution in [0.3, 0.4) is 0 Å². The molecule has 4 aliphatic carbocycles. The number of carboxylic acid groups (broad SMARTS) is 1. The van der Waals surface area contributed by atoms with Crippen molar-refractivity contribution in [2.24, 2.45) is 23.2 Å². The van der Waals surface area contributed by atoms with Crippen LogP contribution in [0.5, 0.6) is 0 Å². The van der Waals surface area contributed by atoms with E-state index in [1.807, 2.05) is 0 Å². The van der Waals surface area contributed by atoms with Gasteiger partial charge in [-0.2, -0.15) is 0 Å². The van der Waals surface area contributed by atoms with Crippen LogP contribution in [0.15, 0.2) is 0 Å². The van der Waals surface area contributed by atoms with E-state index in [0.717, 1.165) is 19.3 Å². The average Bonchev–Trinajstić information content (AvgIpc) is 2.23. The van der Waals surface area contributed by atoms with E-state index in [1.165, 1.54) is 19.3 Å². The lowest BCUT2D eigenvalue weighted by Gasteiger charge is -2.58. The third-order valence-electron chi connectivity index (χ3n) is 5.18. The summed E-state index contributed by atoms with van der Waals surface area (Å²) in [5, 5.41) is 11.9. The summed E-state index contributed by atoms with van der Waals surface area (Å²) in [6, 6.07) is -0.673. The first-order valence-corrected chi connectivity index (χ1v) is 6.55. The first kappa shape index (κ1) is 11.1. The number of rotatable bonds is 4. The molecule has 2 N–H and O–H groups in total. The van der Waals surface area contributed by atoms with E-state index < -0.39 is 12.0 Å². The van der Waals surface area contributed by atoms with E-state index in [-0.39, 0.29) is 5.41 Å². The number of carboxylic acids is 1. The molecule has 4 heteroatoms. The van der Waals surface area contributed by atoms with Crippen LogP contribution in [0.2, 0.25) is 0 Å². The zero-order chi connectivity index (χ0) is 12.0. The molecule has 0 aromatic rings. The van der Waals surface area contributed by atoms with Gasteiger partial charge in [0.15, 0.2) is 0 Å². The van der Waals surface area contributed by atoms with Crippen LogP contribution < -0.4 is 5.32 Å². The molecule has 17 heavy (non-hydrogen) atoms. The standard InChI is InChI=1S/C13H19NO3/c15-7-14-11(12(16)17)13-4-8-1-9(5-13)3-10(2-8)6-13/h7-11H,1-6H2,(H,14,15)(H,16,17)/t8?,9?,10?,11-,13?/m1/s1. The zero-order valence-electron chi connectivity index (χ0n) is 9.89. The number of aliphatic carboxylic acids is 1. The molecule has 1 amide bonds. The Balaban J connectivity index is 1.89. The maximum absolute atomic E-state index is 11.4. The van der Waals surface area contributed by atoms with Crippen molar-refractivity contribution in [1.29, 1.82) is 0 Å². The third kappa shape index (κ3) is 1.65. The van der Waals surface area contributed by atoms with Crippen LogP contribution in [0, 0.1) is 23.2 Å². The van der Waals surface area contributed by atoms with Crippen molar-refractivity contribution >= 4 is 12.4 Å². The van der Waals surface area contributed by atoms with Crippen LogP contribution in [0.1, 0.15) is 38.5 Å². The van der Waals surface area contributed by atoms with Crippen molar-refractivity contribution in [2.75, 3.05) is 0 Å². The van der Waals surface area contributed by atoms with Gasteiger partial charge in [-0.15, -0.1) is 0 Å². The fourth-order valence-corrected chi connectivity index (χ4v) is 5.11. The lowest BCUT2D eigenvalue weighted by atomic mass is 9.47. The first-order chi connectivity index (χ1) is 8.13. The Morgan fingerprint density at radius 1 is 1.18 bits per heavy atom. The molecule has 0 unspecified atom stereocenters. The normalized spacial score (nSPS) is 44.4. The SMILES string of the molecule is O=CN[C@H](C(=O)O)C12CC3CC(CC(C3)C1)C2. The van der Waals surface area contributed by atoms with E-state index >= 15 is 0 Å². The number of amides is 1. The molecule has 0 aromatic heterocycles. The van der Waals surface area contributed by atoms with Gasteiger partial charge in [-0.05, 0) is 56.3 Å². The van der Waals surface area contributed by atoms with Crippen LogP contribution >= 0.6 is 0 Å². The summed E-state index contributed by atoms with van der Waals surface area (Å²) in [7, 11) is 0. The zero-order valence-corrected chi connectivity index (χ0v) is 9.89. The van der Waals surface area contributed by atoms with Crippen molar-refractivity contribution in [2.45, 2.75) is 44.6 Å². The van der Waals surface area contributed by atoms with Gasteiger partial charge in [-0.1, -0.05) is 0 Å². The van der Waals surface area contributed by atoms with Crippen LogP contribution in [-0.2, 0) is 9.59 Å². The summed E-state index contributed by atoms with van der Waals surface area (Å²) in [6.45, 7) is 0. The minimum atomic E-state index is -0.862. The fourth-order valence-electron chi connectivity index (χ4n) is 5.11. The molecule has 0 spiro atoms. The highest BCUT2D eigenvalue weighted by molar-refractivity contribution is 5.77. The number of hydrogen-bond acceptors (Lipinski definition) is 2. The van der Waals surface area contributed by atoms with E-state index in [2.05, 4.69) is 5.32 Å². The van der Waals surface area contributed by atoms with E-state index in [4.69, 9.17) is 0 Å². The Bertz CT molecular complexity index is 317. The van der Waals surface area contributed by atoms with Crippen molar-refractivity contribution in [3.05, 3.63) is 0 Å². The lowest BCUT2D eigenvalue weighted by Crippen LogP contribution is -2.58. The molecule has 4 nitrogen and oxygen atoms in total. The molecule has 0 heterocycles. The summed E-state index contributed by atoms with van der Waals surface area (Å²) < 4.78 is 0. The number of hydrogen-bond donors (Lipinski definition) is 2. The fraction of sp³-hybridized carbons (Fsp3) is 0.846. The Morgan fingerprint density at radius 3 is 2.00 bits per heavy atom. The lowest BCUT2D eigenvalue weighted by molar-refractivity contribution is -0.152. The van der Waals surface area contributed by atoms with Gasteiger partial charge in [0.05, 0.1) is 0 Å². The molecule has 94 valence electrons. The maximum atomic E-state index is 11.4. The van der Waals surface area contributed by atoms with E-state index in [9.17, 15) is 14.7 Å². The van der Waals surface area contributed by atoms with Gasteiger partial charge in [0.1, 0.15) is 6.04 Å². The molecular weight excluding hydrogens is 218 g/mol. The molecule has 4 saturated carbocycles. The highest BCUT2D eigenvalue weighted by atomic mass is 16.4. The summed E-state index contributed by atoms with van der Waals surface area (Å²) in [5.41, 5.74) is -0.151. The molecule has 4 bridgehead atoms. The number of carbonyl (C=O) groups is 2. The molecular formula is C13H19NO3. The molecule has 0 aliphatic heterocycles. The van der Waals surface area contributed by atoms with Crippen molar-refractivity contribution in [1.82, 2.24) is 5.32 Å². The topological polar surface area (TPSA) is 66.4 Å². The van der Waals surface area contributed by atoms with Gasteiger partial charge in [-0.25, -0.2) is 4.79 Å². The minimum Gasteiger partial charge on any atom is -0.480 e. The Labute approximate surface area is 101 Å². The van der Waals surface area contributed by atoms with Crippen molar-refractivity contribution in [3.63, 3.8) is 0 Å². The van der Waals surface area contributed by atoms with Crippen LogP contribution in [-0.4, -0.2) is 23.5 Å². The minimum absolute atomic E-state index is 0.151. The monoisotopic (exact) mass is 237 g/mol. The molecule has 4 fully saturated rings. The Hall–Kier alpha value is -1.06. The molecule has 1 atom stereocenters. The molecule has 0 radical (unpaired) electrons. The molecule has 0 saturated heterocycles. The molecule has 4 aliphatic rings. The van der Waals surface area contributed by atoms with Gasteiger partial charge >= 0.3 is 5.97 Å². The van der Waals surface area contributed by atoms with Crippen LogP contribution in [0.4, 0.5) is 0 Å². The van der Waals surface area contributed by atoms with Gasteiger partial charge in [0.2, 0.25) is 6.41 Å². The summed E-state index contributed by atoms with van der Waals surface area (Å²) >= 11 is 0. The predicted molar refractivity (Wildman–Crippen MR) is 61.2 cm³/mol. The Morgan fingerprint density at radius 2 is 1.65 bits per heavy atom. The summed E-state index contributed by atoms with van der Waals surface area (Å²) in [6.07, 6.45) is 7.40. The second-order valence-corrected chi connectivity index (χ2v) is 6.34. The second kappa shape index (κ2) is 3.72. The summed E-state index contributed by atoms with van der Waals surface area (Å²) in [4.78, 5) is 22.0. The third-order valence-corrected chi connectivity index (χ3v) is 5.18. The maximum Gasteiger partial charge on any atom is 0.326 e. The highest BCUT2D eigenvalue weighted by Gasteiger charge is 2.56. The number of nitrogens with one attached hydrogen (secondary N) is 1. The largest absolute Gasteiger partial charge is 0.480 e. The van der Waals surface area contributed by atoms with E-state index in [0.29, 0.717) is 24.2 Å². The van der Waals surface area contributed by atoms with Gasteiger partial charge < -0.3 is 10.4 Å².